The number of pyridine rings is 1. The summed E-state index contributed by atoms with van der Waals surface area (Å²) in [7, 11) is 0. The predicted molar refractivity (Wildman–Crippen MR) is 56.8 cm³/mol. The standard InChI is InChI=1S/C12H14N2O/c15-11-10-9(2-1-5-14-10)8-12(11)3-6-13-7-4-12/h1-2,5,13H,3-4,6-8H2. The van der Waals surface area contributed by atoms with Crippen molar-refractivity contribution < 1.29 is 4.79 Å². The van der Waals surface area contributed by atoms with Crippen molar-refractivity contribution >= 4 is 5.78 Å². The van der Waals surface area contributed by atoms with Gasteiger partial charge in [-0.2, -0.15) is 0 Å². The Balaban J connectivity index is 2.01. The van der Waals surface area contributed by atoms with E-state index in [1.54, 1.807) is 6.20 Å². The third-order valence-electron chi connectivity index (χ3n) is 3.68. The first-order valence-electron chi connectivity index (χ1n) is 5.51. The number of nitrogens with zero attached hydrogens (tertiary/aromatic N) is 1. The van der Waals surface area contributed by atoms with Crippen LogP contribution >= 0.6 is 0 Å². The van der Waals surface area contributed by atoms with Crippen molar-refractivity contribution in [1.82, 2.24) is 10.3 Å². The van der Waals surface area contributed by atoms with Crippen LogP contribution in [0, 0.1) is 5.41 Å². The molecular formula is C12H14N2O. The number of carbonyl (C=O) groups is 1. The normalized spacial score (nSPS) is 23.1. The lowest BCUT2D eigenvalue weighted by Gasteiger charge is -2.31. The lowest BCUT2D eigenvalue weighted by molar-refractivity contribution is 0.0758. The van der Waals surface area contributed by atoms with Gasteiger partial charge < -0.3 is 5.32 Å². The lowest BCUT2D eigenvalue weighted by atomic mass is 9.76. The van der Waals surface area contributed by atoms with E-state index in [0.717, 1.165) is 43.6 Å². The molecule has 1 aliphatic carbocycles. The van der Waals surface area contributed by atoms with Gasteiger partial charge in [0.1, 0.15) is 5.69 Å². The second kappa shape index (κ2) is 3.14. The molecule has 1 aliphatic heterocycles. The zero-order valence-electron chi connectivity index (χ0n) is 8.62. The first-order valence-corrected chi connectivity index (χ1v) is 5.51. The van der Waals surface area contributed by atoms with Crippen molar-refractivity contribution in [3.05, 3.63) is 29.6 Å². The van der Waals surface area contributed by atoms with Gasteiger partial charge in [0.05, 0.1) is 0 Å². The van der Waals surface area contributed by atoms with Crippen LogP contribution in [-0.2, 0) is 6.42 Å². The SMILES string of the molecule is O=C1c2ncccc2CC12CCNCC2. The largest absolute Gasteiger partial charge is 0.317 e. The molecule has 3 nitrogen and oxygen atoms in total. The van der Waals surface area contributed by atoms with Crippen LogP contribution in [0.15, 0.2) is 18.3 Å². The maximum Gasteiger partial charge on any atom is 0.188 e. The van der Waals surface area contributed by atoms with E-state index in [0.29, 0.717) is 0 Å². The summed E-state index contributed by atoms with van der Waals surface area (Å²) in [4.78, 5) is 16.5. The van der Waals surface area contributed by atoms with Crippen molar-refractivity contribution in [2.45, 2.75) is 19.3 Å². The van der Waals surface area contributed by atoms with Gasteiger partial charge in [0, 0.05) is 11.6 Å². The number of fused-ring (bicyclic) bond motifs is 1. The van der Waals surface area contributed by atoms with Crippen molar-refractivity contribution in [2.75, 3.05) is 13.1 Å². The molecule has 0 bridgehead atoms. The topological polar surface area (TPSA) is 42.0 Å². The molecule has 0 aromatic carbocycles. The summed E-state index contributed by atoms with van der Waals surface area (Å²) in [5.74, 6) is 0.277. The van der Waals surface area contributed by atoms with E-state index < -0.39 is 0 Å². The molecule has 1 aromatic rings. The molecule has 78 valence electrons. The van der Waals surface area contributed by atoms with Gasteiger partial charge in [-0.1, -0.05) is 6.07 Å². The molecule has 0 radical (unpaired) electrons. The Morgan fingerprint density at radius 1 is 1.33 bits per heavy atom. The molecule has 0 saturated carbocycles. The van der Waals surface area contributed by atoms with Gasteiger partial charge >= 0.3 is 0 Å². The minimum Gasteiger partial charge on any atom is -0.317 e. The van der Waals surface area contributed by atoms with Crippen molar-refractivity contribution in [3.63, 3.8) is 0 Å². The zero-order chi connectivity index (χ0) is 10.3. The summed E-state index contributed by atoms with van der Waals surface area (Å²) in [5.41, 5.74) is 1.74. The average molecular weight is 202 g/mol. The second-order valence-corrected chi connectivity index (χ2v) is 4.55. The number of ketones is 1. The van der Waals surface area contributed by atoms with Gasteiger partial charge in [0.25, 0.3) is 0 Å². The van der Waals surface area contributed by atoms with E-state index in [1.807, 2.05) is 12.1 Å². The number of aromatic nitrogens is 1. The van der Waals surface area contributed by atoms with Crippen LogP contribution in [-0.4, -0.2) is 23.9 Å². The van der Waals surface area contributed by atoms with Gasteiger partial charge in [-0.15, -0.1) is 0 Å². The first-order chi connectivity index (χ1) is 7.32. The second-order valence-electron chi connectivity index (χ2n) is 4.55. The Morgan fingerprint density at radius 3 is 2.87 bits per heavy atom. The molecule has 1 N–H and O–H groups in total. The highest BCUT2D eigenvalue weighted by molar-refractivity contribution is 6.03. The van der Waals surface area contributed by atoms with Crippen LogP contribution in [0.25, 0.3) is 0 Å². The Bertz CT molecular complexity index is 408. The first kappa shape index (κ1) is 9.04. The molecule has 1 saturated heterocycles. The van der Waals surface area contributed by atoms with Crippen LogP contribution in [0.1, 0.15) is 28.9 Å². The highest BCUT2D eigenvalue weighted by Crippen LogP contribution is 2.42. The quantitative estimate of drug-likeness (QED) is 0.687. The maximum atomic E-state index is 12.3. The Morgan fingerprint density at radius 2 is 2.13 bits per heavy atom. The van der Waals surface area contributed by atoms with E-state index in [9.17, 15) is 4.79 Å². The maximum absolute atomic E-state index is 12.3. The summed E-state index contributed by atoms with van der Waals surface area (Å²) in [5, 5.41) is 3.31. The molecule has 15 heavy (non-hydrogen) atoms. The van der Waals surface area contributed by atoms with Crippen molar-refractivity contribution in [2.24, 2.45) is 5.41 Å². The van der Waals surface area contributed by atoms with Crippen LogP contribution in [0.4, 0.5) is 0 Å². The predicted octanol–water partition coefficient (Wildman–Crippen LogP) is 1.19. The molecular weight excluding hydrogens is 188 g/mol. The number of piperidine rings is 1. The van der Waals surface area contributed by atoms with Gasteiger partial charge in [-0.3, -0.25) is 9.78 Å². The average Bonchev–Trinajstić information content (AvgIpc) is 2.54. The fourth-order valence-corrected chi connectivity index (χ4v) is 2.79. The van der Waals surface area contributed by atoms with E-state index in [1.165, 1.54) is 0 Å². The molecule has 0 unspecified atom stereocenters. The molecule has 1 spiro atoms. The summed E-state index contributed by atoms with van der Waals surface area (Å²) in [6.07, 6.45) is 4.54. The van der Waals surface area contributed by atoms with E-state index >= 15 is 0 Å². The van der Waals surface area contributed by atoms with E-state index in [2.05, 4.69) is 10.3 Å². The Hall–Kier alpha value is -1.22. The van der Waals surface area contributed by atoms with Crippen LogP contribution in [0.2, 0.25) is 0 Å². The fourth-order valence-electron chi connectivity index (χ4n) is 2.79. The Labute approximate surface area is 88.9 Å². The molecule has 0 atom stereocenters. The number of hydrogen-bond donors (Lipinski definition) is 1. The van der Waals surface area contributed by atoms with Gasteiger partial charge in [0.2, 0.25) is 0 Å². The van der Waals surface area contributed by atoms with Crippen molar-refractivity contribution in [1.29, 1.82) is 0 Å². The lowest BCUT2D eigenvalue weighted by Crippen LogP contribution is -2.40. The van der Waals surface area contributed by atoms with Crippen LogP contribution < -0.4 is 5.32 Å². The van der Waals surface area contributed by atoms with Crippen LogP contribution in [0.3, 0.4) is 0 Å². The summed E-state index contributed by atoms with van der Waals surface area (Å²) < 4.78 is 0. The van der Waals surface area contributed by atoms with Gasteiger partial charge in [0.15, 0.2) is 5.78 Å². The number of nitrogens with one attached hydrogen (secondary N) is 1. The molecule has 3 rings (SSSR count). The zero-order valence-corrected chi connectivity index (χ0v) is 8.62. The number of rotatable bonds is 0. The van der Waals surface area contributed by atoms with E-state index in [-0.39, 0.29) is 11.2 Å². The molecule has 0 amide bonds. The number of Topliss-reactive ketones (excluding diaryl/α,β-unsaturated/α-hetero) is 1. The Kier molecular flexibility index (Phi) is 1.89. The number of hydrogen-bond acceptors (Lipinski definition) is 3. The van der Waals surface area contributed by atoms with E-state index in [4.69, 9.17) is 0 Å². The molecule has 2 heterocycles. The summed E-state index contributed by atoms with van der Waals surface area (Å²) >= 11 is 0. The third-order valence-corrected chi connectivity index (χ3v) is 3.68. The number of carbonyl (C=O) groups excluding carboxylic acids is 1. The monoisotopic (exact) mass is 202 g/mol. The molecule has 1 aromatic heterocycles. The van der Waals surface area contributed by atoms with Gasteiger partial charge in [-0.25, -0.2) is 0 Å². The molecule has 3 heteroatoms. The highest BCUT2D eigenvalue weighted by atomic mass is 16.1. The van der Waals surface area contributed by atoms with Crippen molar-refractivity contribution in [3.8, 4) is 0 Å². The summed E-state index contributed by atoms with van der Waals surface area (Å²) in [6.45, 7) is 1.92. The minimum atomic E-state index is -0.123. The fraction of sp³-hybridized carbons (Fsp3) is 0.500. The highest BCUT2D eigenvalue weighted by Gasteiger charge is 2.46. The smallest absolute Gasteiger partial charge is 0.188 e. The third kappa shape index (κ3) is 1.23. The molecule has 1 fully saturated rings. The minimum absolute atomic E-state index is 0.123. The summed E-state index contributed by atoms with van der Waals surface area (Å²) in [6, 6.07) is 3.96. The van der Waals surface area contributed by atoms with Gasteiger partial charge in [-0.05, 0) is 44.0 Å². The molecule has 2 aliphatic rings. The van der Waals surface area contributed by atoms with Crippen LogP contribution in [0.5, 0.6) is 0 Å².